The predicted molar refractivity (Wildman–Crippen MR) is 67.0 cm³/mol. The Morgan fingerprint density at radius 1 is 1.50 bits per heavy atom. The van der Waals surface area contributed by atoms with Crippen molar-refractivity contribution in [3.8, 4) is 0 Å². The minimum Gasteiger partial charge on any atom is -0.394 e. The van der Waals surface area contributed by atoms with E-state index in [4.69, 9.17) is 0 Å². The highest BCUT2D eigenvalue weighted by Crippen LogP contribution is 2.26. The van der Waals surface area contributed by atoms with Gasteiger partial charge in [0.25, 0.3) is 0 Å². The second-order valence-corrected chi connectivity index (χ2v) is 4.40. The number of rotatable bonds is 3. The molecule has 2 rings (SSSR count). The Hall–Kier alpha value is -1.88. The highest BCUT2D eigenvalue weighted by Gasteiger charge is 2.18. The predicted octanol–water partition coefficient (Wildman–Crippen LogP) is 0.741. The van der Waals surface area contributed by atoms with E-state index in [9.17, 15) is 14.7 Å². The molecule has 2 amide bonds. The van der Waals surface area contributed by atoms with Crippen molar-refractivity contribution in [2.24, 2.45) is 0 Å². The number of benzene rings is 1. The molecule has 1 aromatic carbocycles. The van der Waals surface area contributed by atoms with Crippen molar-refractivity contribution in [2.75, 3.05) is 11.9 Å². The quantitative estimate of drug-likeness (QED) is 0.738. The first-order valence-corrected chi connectivity index (χ1v) is 5.91. The third-order valence-electron chi connectivity index (χ3n) is 2.99. The second kappa shape index (κ2) is 5.18. The molecular weight excluding hydrogens is 232 g/mol. The third-order valence-corrected chi connectivity index (χ3v) is 2.99. The van der Waals surface area contributed by atoms with Crippen molar-refractivity contribution in [3.63, 3.8) is 0 Å². The van der Waals surface area contributed by atoms with E-state index in [1.165, 1.54) is 6.92 Å². The van der Waals surface area contributed by atoms with Gasteiger partial charge in [0, 0.05) is 19.0 Å². The number of fused-ring (bicyclic) bond motifs is 1. The summed E-state index contributed by atoms with van der Waals surface area (Å²) < 4.78 is 0. The minimum absolute atomic E-state index is 0.0239. The zero-order valence-electron chi connectivity index (χ0n) is 10.2. The van der Waals surface area contributed by atoms with Crippen LogP contribution in [0.15, 0.2) is 18.2 Å². The Labute approximate surface area is 105 Å². The van der Waals surface area contributed by atoms with Crippen molar-refractivity contribution in [1.29, 1.82) is 0 Å². The van der Waals surface area contributed by atoms with E-state index in [1.54, 1.807) is 6.07 Å². The summed E-state index contributed by atoms with van der Waals surface area (Å²) in [5, 5.41) is 14.8. The molecule has 1 unspecified atom stereocenters. The van der Waals surface area contributed by atoms with Crippen LogP contribution < -0.4 is 10.6 Å². The molecule has 5 heteroatoms. The Morgan fingerprint density at radius 3 is 2.94 bits per heavy atom. The van der Waals surface area contributed by atoms with Crippen LogP contribution in [-0.4, -0.2) is 23.5 Å². The van der Waals surface area contributed by atoms with Crippen LogP contribution in [0.2, 0.25) is 0 Å². The van der Waals surface area contributed by atoms with Crippen molar-refractivity contribution in [1.82, 2.24) is 5.32 Å². The van der Waals surface area contributed by atoms with Crippen LogP contribution in [0, 0.1) is 0 Å². The van der Waals surface area contributed by atoms with Gasteiger partial charge in [-0.05, 0) is 23.6 Å². The van der Waals surface area contributed by atoms with Gasteiger partial charge in [0.2, 0.25) is 11.8 Å². The molecule has 1 aliphatic rings. The standard InChI is InChI=1S/C13H16N2O3/c1-8(17)14-12(7-16)10-2-4-11-9(6-10)3-5-13(18)15-11/h2,4,6,12,16H,3,5,7H2,1H3,(H,14,17)(H,15,18). The molecule has 0 aliphatic carbocycles. The van der Waals surface area contributed by atoms with E-state index in [0.29, 0.717) is 12.8 Å². The molecule has 1 aromatic rings. The number of aryl methyl sites for hydroxylation is 1. The molecule has 1 aliphatic heterocycles. The van der Waals surface area contributed by atoms with Crippen LogP contribution in [0.4, 0.5) is 5.69 Å². The number of aliphatic hydroxyl groups excluding tert-OH is 1. The van der Waals surface area contributed by atoms with E-state index < -0.39 is 6.04 Å². The SMILES string of the molecule is CC(=O)NC(CO)c1ccc2c(c1)CCC(=O)N2. The fourth-order valence-electron chi connectivity index (χ4n) is 2.10. The molecule has 1 heterocycles. The average molecular weight is 248 g/mol. The zero-order chi connectivity index (χ0) is 13.1. The number of carbonyl (C=O) groups excluding carboxylic acids is 2. The first kappa shape index (κ1) is 12.6. The summed E-state index contributed by atoms with van der Waals surface area (Å²) in [5.41, 5.74) is 2.70. The number of aliphatic hydroxyl groups is 1. The number of nitrogens with one attached hydrogen (secondary N) is 2. The number of anilines is 1. The van der Waals surface area contributed by atoms with Crippen LogP contribution >= 0.6 is 0 Å². The van der Waals surface area contributed by atoms with Crippen LogP contribution in [0.5, 0.6) is 0 Å². The first-order chi connectivity index (χ1) is 8.60. The topological polar surface area (TPSA) is 78.4 Å². The van der Waals surface area contributed by atoms with Crippen LogP contribution in [0.3, 0.4) is 0 Å². The molecule has 96 valence electrons. The van der Waals surface area contributed by atoms with Crippen LogP contribution in [-0.2, 0) is 16.0 Å². The Bertz CT molecular complexity index is 485. The van der Waals surface area contributed by atoms with Gasteiger partial charge in [-0.25, -0.2) is 0 Å². The lowest BCUT2D eigenvalue weighted by atomic mass is 9.97. The lowest BCUT2D eigenvalue weighted by molar-refractivity contribution is -0.120. The highest BCUT2D eigenvalue weighted by molar-refractivity contribution is 5.93. The van der Waals surface area contributed by atoms with E-state index in [2.05, 4.69) is 10.6 Å². The molecule has 0 radical (unpaired) electrons. The Kier molecular flexibility index (Phi) is 3.62. The first-order valence-electron chi connectivity index (χ1n) is 5.91. The van der Waals surface area contributed by atoms with Gasteiger partial charge in [-0.2, -0.15) is 0 Å². The Morgan fingerprint density at radius 2 is 2.28 bits per heavy atom. The molecule has 0 saturated heterocycles. The molecule has 0 aromatic heterocycles. The van der Waals surface area contributed by atoms with E-state index in [0.717, 1.165) is 16.8 Å². The minimum atomic E-state index is -0.398. The molecule has 0 fully saturated rings. The summed E-state index contributed by atoms with van der Waals surface area (Å²) >= 11 is 0. The second-order valence-electron chi connectivity index (χ2n) is 4.40. The summed E-state index contributed by atoms with van der Waals surface area (Å²) in [6.07, 6.45) is 1.16. The maximum absolute atomic E-state index is 11.2. The summed E-state index contributed by atoms with van der Waals surface area (Å²) in [6, 6.07) is 5.14. The fraction of sp³-hybridized carbons (Fsp3) is 0.385. The van der Waals surface area contributed by atoms with Gasteiger partial charge in [-0.1, -0.05) is 12.1 Å². The number of carbonyl (C=O) groups is 2. The fourth-order valence-corrected chi connectivity index (χ4v) is 2.10. The monoisotopic (exact) mass is 248 g/mol. The maximum Gasteiger partial charge on any atom is 0.224 e. The van der Waals surface area contributed by atoms with E-state index >= 15 is 0 Å². The smallest absolute Gasteiger partial charge is 0.224 e. The molecule has 1 atom stereocenters. The van der Waals surface area contributed by atoms with Crippen molar-refractivity contribution < 1.29 is 14.7 Å². The lowest BCUT2D eigenvalue weighted by Gasteiger charge is -2.21. The zero-order valence-corrected chi connectivity index (χ0v) is 10.2. The highest BCUT2D eigenvalue weighted by atomic mass is 16.3. The molecular formula is C13H16N2O3. The van der Waals surface area contributed by atoms with Crippen molar-refractivity contribution in [2.45, 2.75) is 25.8 Å². The van der Waals surface area contributed by atoms with E-state index in [-0.39, 0.29) is 18.4 Å². The van der Waals surface area contributed by atoms with Gasteiger partial charge in [0.15, 0.2) is 0 Å². The van der Waals surface area contributed by atoms with Crippen LogP contribution in [0.1, 0.15) is 30.5 Å². The number of hydrogen-bond acceptors (Lipinski definition) is 3. The van der Waals surface area contributed by atoms with Gasteiger partial charge >= 0.3 is 0 Å². The molecule has 18 heavy (non-hydrogen) atoms. The van der Waals surface area contributed by atoms with E-state index in [1.807, 2.05) is 12.1 Å². The summed E-state index contributed by atoms with van der Waals surface area (Å²) in [7, 11) is 0. The lowest BCUT2D eigenvalue weighted by Crippen LogP contribution is -2.29. The number of hydrogen-bond donors (Lipinski definition) is 3. The number of amides is 2. The van der Waals surface area contributed by atoms with Gasteiger partial charge < -0.3 is 15.7 Å². The molecule has 0 spiro atoms. The van der Waals surface area contributed by atoms with Gasteiger partial charge in [0.05, 0.1) is 12.6 Å². The van der Waals surface area contributed by atoms with Gasteiger partial charge in [0.1, 0.15) is 0 Å². The Balaban J connectivity index is 2.24. The van der Waals surface area contributed by atoms with Crippen molar-refractivity contribution >= 4 is 17.5 Å². The molecule has 5 nitrogen and oxygen atoms in total. The third kappa shape index (κ3) is 2.68. The molecule has 3 N–H and O–H groups in total. The maximum atomic E-state index is 11.2. The van der Waals surface area contributed by atoms with Crippen LogP contribution in [0.25, 0.3) is 0 Å². The van der Waals surface area contributed by atoms with Crippen molar-refractivity contribution in [3.05, 3.63) is 29.3 Å². The normalized spacial score (nSPS) is 15.6. The van der Waals surface area contributed by atoms with Gasteiger partial charge in [-0.3, -0.25) is 9.59 Å². The largest absolute Gasteiger partial charge is 0.394 e. The molecule has 0 saturated carbocycles. The summed E-state index contributed by atoms with van der Waals surface area (Å²) in [6.45, 7) is 1.27. The average Bonchev–Trinajstić information content (AvgIpc) is 2.35. The molecule has 0 bridgehead atoms. The van der Waals surface area contributed by atoms with Gasteiger partial charge in [-0.15, -0.1) is 0 Å². The summed E-state index contributed by atoms with van der Waals surface area (Å²) in [5.74, 6) is -0.157. The summed E-state index contributed by atoms with van der Waals surface area (Å²) in [4.78, 5) is 22.3.